The molecule has 2 aromatic carbocycles. The van der Waals surface area contributed by atoms with Crippen LogP contribution in [0.4, 0.5) is 13.2 Å². The van der Waals surface area contributed by atoms with E-state index in [0.717, 1.165) is 6.07 Å². The summed E-state index contributed by atoms with van der Waals surface area (Å²) in [5, 5.41) is 0. The quantitative estimate of drug-likeness (QED) is 0.778. The average Bonchev–Trinajstić information content (AvgIpc) is 2.38. The maximum atomic E-state index is 12.6. The van der Waals surface area contributed by atoms with Crippen LogP contribution in [0, 0.1) is 6.07 Å². The third-order valence-electron chi connectivity index (χ3n) is 2.52. The van der Waals surface area contributed by atoms with Crippen molar-refractivity contribution in [2.45, 2.75) is 6.18 Å². The Kier molecular flexibility index (Phi) is 3.28. The fourth-order valence-electron chi connectivity index (χ4n) is 1.68. The molecule has 0 aliphatic heterocycles. The standard InChI is InChI=1S/C14H10F3O/c1-18-13-8-3-2-7-12(13)10-5-4-6-11(9-10)14(15,16)17/h2-5,7-9H,1H3. The van der Waals surface area contributed by atoms with Gasteiger partial charge in [-0.25, -0.2) is 0 Å². The molecule has 4 heteroatoms. The number of hydrogen-bond donors (Lipinski definition) is 0. The van der Waals surface area contributed by atoms with E-state index in [1.54, 1.807) is 30.3 Å². The van der Waals surface area contributed by atoms with Crippen LogP contribution in [-0.2, 0) is 6.18 Å². The first-order valence-electron chi connectivity index (χ1n) is 5.24. The van der Waals surface area contributed by atoms with Crippen LogP contribution in [0.15, 0.2) is 42.5 Å². The van der Waals surface area contributed by atoms with Crippen molar-refractivity contribution in [1.29, 1.82) is 0 Å². The highest BCUT2D eigenvalue weighted by Crippen LogP contribution is 2.34. The molecule has 0 amide bonds. The summed E-state index contributed by atoms with van der Waals surface area (Å²) in [5.41, 5.74) is 0.295. The monoisotopic (exact) mass is 251 g/mol. The van der Waals surface area contributed by atoms with Crippen molar-refractivity contribution < 1.29 is 17.9 Å². The van der Waals surface area contributed by atoms with Crippen molar-refractivity contribution in [3.05, 3.63) is 54.1 Å². The maximum absolute atomic E-state index is 12.6. The molecule has 0 saturated carbocycles. The fourth-order valence-corrected chi connectivity index (χ4v) is 1.68. The SMILES string of the molecule is COc1ccccc1-c1cc[c]c(C(F)(F)F)c1. The van der Waals surface area contributed by atoms with Crippen LogP contribution >= 0.6 is 0 Å². The van der Waals surface area contributed by atoms with Gasteiger partial charge in [0.05, 0.1) is 12.7 Å². The van der Waals surface area contributed by atoms with Crippen molar-refractivity contribution in [3.8, 4) is 16.9 Å². The molecule has 0 aromatic heterocycles. The van der Waals surface area contributed by atoms with E-state index in [-0.39, 0.29) is 0 Å². The number of hydrogen-bond acceptors (Lipinski definition) is 1. The largest absolute Gasteiger partial charge is 0.496 e. The van der Waals surface area contributed by atoms with E-state index in [9.17, 15) is 13.2 Å². The fraction of sp³-hybridized carbons (Fsp3) is 0.143. The molecule has 2 rings (SSSR count). The number of methoxy groups -OCH3 is 1. The summed E-state index contributed by atoms with van der Waals surface area (Å²) in [4.78, 5) is 0. The van der Waals surface area contributed by atoms with Crippen molar-refractivity contribution in [2.24, 2.45) is 0 Å². The van der Waals surface area contributed by atoms with E-state index in [1.165, 1.54) is 13.2 Å². The highest BCUT2D eigenvalue weighted by atomic mass is 19.4. The zero-order chi connectivity index (χ0) is 13.2. The lowest BCUT2D eigenvalue weighted by atomic mass is 10.0. The Morgan fingerprint density at radius 2 is 1.83 bits per heavy atom. The zero-order valence-electron chi connectivity index (χ0n) is 9.58. The van der Waals surface area contributed by atoms with Gasteiger partial charge in [0.1, 0.15) is 5.75 Å². The minimum Gasteiger partial charge on any atom is -0.496 e. The second-order valence-electron chi connectivity index (χ2n) is 3.69. The molecule has 0 saturated heterocycles. The van der Waals surface area contributed by atoms with Gasteiger partial charge < -0.3 is 4.74 Å². The van der Waals surface area contributed by atoms with Crippen molar-refractivity contribution in [2.75, 3.05) is 7.11 Å². The van der Waals surface area contributed by atoms with Crippen LogP contribution in [-0.4, -0.2) is 7.11 Å². The summed E-state index contributed by atoms with van der Waals surface area (Å²) in [6, 6.07) is 13.0. The number of para-hydroxylation sites is 1. The van der Waals surface area contributed by atoms with Gasteiger partial charge in [0.2, 0.25) is 0 Å². The van der Waals surface area contributed by atoms with E-state index in [0.29, 0.717) is 16.9 Å². The van der Waals surface area contributed by atoms with Crippen molar-refractivity contribution in [1.82, 2.24) is 0 Å². The van der Waals surface area contributed by atoms with Gasteiger partial charge in [-0.05, 0) is 23.8 Å². The number of halogens is 3. The molecule has 0 N–H and O–H groups in total. The van der Waals surface area contributed by atoms with Gasteiger partial charge in [-0.15, -0.1) is 0 Å². The van der Waals surface area contributed by atoms with Crippen LogP contribution < -0.4 is 4.74 Å². The first kappa shape index (κ1) is 12.5. The van der Waals surface area contributed by atoms with Crippen LogP contribution in [0.5, 0.6) is 5.75 Å². The van der Waals surface area contributed by atoms with Crippen LogP contribution in [0.2, 0.25) is 0 Å². The number of benzene rings is 2. The molecule has 0 heterocycles. The normalized spacial score (nSPS) is 11.3. The molecule has 2 aromatic rings. The second kappa shape index (κ2) is 4.72. The molecular formula is C14H10F3O. The highest BCUT2D eigenvalue weighted by Gasteiger charge is 2.30. The Balaban J connectivity index is 2.51. The highest BCUT2D eigenvalue weighted by molar-refractivity contribution is 5.70. The molecule has 1 nitrogen and oxygen atoms in total. The number of ether oxygens (including phenoxy) is 1. The van der Waals surface area contributed by atoms with E-state index in [4.69, 9.17) is 4.74 Å². The van der Waals surface area contributed by atoms with Crippen LogP contribution in [0.1, 0.15) is 5.56 Å². The van der Waals surface area contributed by atoms with Gasteiger partial charge >= 0.3 is 6.18 Å². The third kappa shape index (κ3) is 2.47. The van der Waals surface area contributed by atoms with Gasteiger partial charge in [-0.3, -0.25) is 0 Å². The third-order valence-corrected chi connectivity index (χ3v) is 2.52. The maximum Gasteiger partial charge on any atom is 0.417 e. The molecular weight excluding hydrogens is 241 g/mol. The minimum atomic E-state index is -4.39. The molecule has 0 fully saturated rings. The Labute approximate surface area is 103 Å². The Morgan fingerprint density at radius 1 is 1.11 bits per heavy atom. The summed E-state index contributed by atoms with van der Waals surface area (Å²) in [7, 11) is 1.48. The molecule has 0 spiro atoms. The van der Waals surface area contributed by atoms with Crippen LogP contribution in [0.3, 0.4) is 0 Å². The summed E-state index contributed by atoms with van der Waals surface area (Å²) >= 11 is 0. The summed E-state index contributed by atoms with van der Waals surface area (Å²) in [6.45, 7) is 0. The predicted octanol–water partition coefficient (Wildman–Crippen LogP) is 4.18. The zero-order valence-corrected chi connectivity index (χ0v) is 9.58. The Morgan fingerprint density at radius 3 is 2.50 bits per heavy atom. The van der Waals surface area contributed by atoms with E-state index >= 15 is 0 Å². The minimum absolute atomic E-state index is 0.457. The van der Waals surface area contributed by atoms with Crippen molar-refractivity contribution >= 4 is 0 Å². The summed E-state index contributed by atoms with van der Waals surface area (Å²) in [5.74, 6) is 0.539. The molecule has 18 heavy (non-hydrogen) atoms. The van der Waals surface area contributed by atoms with Gasteiger partial charge in [-0.2, -0.15) is 13.2 Å². The lowest BCUT2D eigenvalue weighted by Crippen LogP contribution is -2.04. The van der Waals surface area contributed by atoms with Gasteiger partial charge in [0.25, 0.3) is 0 Å². The predicted molar refractivity (Wildman–Crippen MR) is 62.3 cm³/mol. The smallest absolute Gasteiger partial charge is 0.417 e. The van der Waals surface area contributed by atoms with Gasteiger partial charge in [0.15, 0.2) is 0 Å². The van der Waals surface area contributed by atoms with E-state index in [1.807, 2.05) is 0 Å². The molecule has 0 aliphatic carbocycles. The average molecular weight is 251 g/mol. The number of rotatable bonds is 2. The second-order valence-corrected chi connectivity index (χ2v) is 3.69. The van der Waals surface area contributed by atoms with Crippen LogP contribution in [0.25, 0.3) is 11.1 Å². The molecule has 0 aliphatic rings. The van der Waals surface area contributed by atoms with Gasteiger partial charge in [0, 0.05) is 5.56 Å². The summed E-state index contributed by atoms with van der Waals surface area (Å²) < 4.78 is 42.9. The topological polar surface area (TPSA) is 9.23 Å². The number of alkyl halides is 3. The van der Waals surface area contributed by atoms with E-state index < -0.39 is 11.7 Å². The first-order chi connectivity index (χ1) is 8.52. The van der Waals surface area contributed by atoms with Gasteiger partial charge in [-0.1, -0.05) is 30.3 Å². The molecule has 0 atom stereocenters. The molecule has 0 bridgehead atoms. The molecule has 1 radical (unpaired) electrons. The molecule has 93 valence electrons. The lowest BCUT2D eigenvalue weighted by molar-refractivity contribution is -0.137. The Hall–Kier alpha value is -1.97. The first-order valence-corrected chi connectivity index (χ1v) is 5.24. The lowest BCUT2D eigenvalue weighted by Gasteiger charge is -2.11. The van der Waals surface area contributed by atoms with Crippen molar-refractivity contribution in [3.63, 3.8) is 0 Å². The van der Waals surface area contributed by atoms with E-state index in [2.05, 4.69) is 6.07 Å². The Bertz CT molecular complexity index is 547. The molecule has 0 unspecified atom stereocenters. The summed E-state index contributed by atoms with van der Waals surface area (Å²) in [6.07, 6.45) is -4.39.